The molecule has 1 fully saturated rings. The molecule has 0 amide bonds. The van der Waals surface area contributed by atoms with E-state index in [4.69, 9.17) is 0 Å². The van der Waals surface area contributed by atoms with Gasteiger partial charge in [-0.2, -0.15) is 5.10 Å². The molecule has 1 N–H and O–H groups in total. The van der Waals surface area contributed by atoms with Crippen molar-refractivity contribution in [3.05, 3.63) is 17.5 Å². The summed E-state index contributed by atoms with van der Waals surface area (Å²) in [5.74, 6) is 0.428. The van der Waals surface area contributed by atoms with Crippen molar-refractivity contribution < 1.29 is 5.11 Å². The predicted molar refractivity (Wildman–Crippen MR) is 55.0 cm³/mol. The van der Waals surface area contributed by atoms with Crippen LogP contribution in [0, 0.1) is 12.8 Å². The lowest BCUT2D eigenvalue weighted by Crippen LogP contribution is -2.47. The second kappa shape index (κ2) is 3.09. The molecule has 1 aliphatic carbocycles. The van der Waals surface area contributed by atoms with Crippen LogP contribution in [0.5, 0.6) is 0 Å². The summed E-state index contributed by atoms with van der Waals surface area (Å²) in [5, 5.41) is 14.5. The summed E-state index contributed by atoms with van der Waals surface area (Å²) in [6, 6.07) is 2.06. The lowest BCUT2D eigenvalue weighted by Gasteiger charge is -2.43. The molecule has 0 bridgehead atoms. The first kappa shape index (κ1) is 9.71. The molecule has 14 heavy (non-hydrogen) atoms. The molecule has 0 spiro atoms. The van der Waals surface area contributed by atoms with Crippen molar-refractivity contribution in [3.8, 4) is 0 Å². The highest BCUT2D eigenvalue weighted by molar-refractivity contribution is 5.13. The molecule has 0 radical (unpaired) electrons. The number of aliphatic hydroxyl groups is 1. The molecule has 2 unspecified atom stereocenters. The van der Waals surface area contributed by atoms with E-state index in [0.717, 1.165) is 30.7 Å². The molecule has 1 saturated carbocycles. The average Bonchev–Trinajstić information content (AvgIpc) is 2.43. The topological polar surface area (TPSA) is 38.0 Å². The maximum Gasteiger partial charge on any atom is 0.0728 e. The Hall–Kier alpha value is -0.830. The van der Waals surface area contributed by atoms with Crippen molar-refractivity contribution in [2.75, 3.05) is 0 Å². The summed E-state index contributed by atoms with van der Waals surface area (Å²) >= 11 is 0. The summed E-state index contributed by atoms with van der Waals surface area (Å²) in [7, 11) is 1.94. The molecule has 0 aliphatic heterocycles. The first-order valence-electron chi connectivity index (χ1n) is 5.23. The fourth-order valence-electron chi connectivity index (χ4n) is 2.17. The zero-order valence-electron chi connectivity index (χ0n) is 9.12. The Morgan fingerprint density at radius 3 is 2.79 bits per heavy atom. The van der Waals surface area contributed by atoms with Gasteiger partial charge in [0, 0.05) is 19.2 Å². The molecule has 3 heteroatoms. The van der Waals surface area contributed by atoms with E-state index in [1.165, 1.54) is 0 Å². The average molecular weight is 194 g/mol. The van der Waals surface area contributed by atoms with Gasteiger partial charge in [0.05, 0.1) is 11.3 Å². The van der Waals surface area contributed by atoms with Gasteiger partial charge in [-0.3, -0.25) is 4.68 Å². The Balaban J connectivity index is 2.14. The van der Waals surface area contributed by atoms with Crippen LogP contribution >= 0.6 is 0 Å². The minimum atomic E-state index is -0.472. The van der Waals surface area contributed by atoms with Gasteiger partial charge in [-0.1, -0.05) is 6.92 Å². The first-order chi connectivity index (χ1) is 6.51. The normalized spacial score (nSPS) is 31.6. The monoisotopic (exact) mass is 194 g/mol. The third-order valence-electron chi connectivity index (χ3n) is 3.51. The fourth-order valence-corrected chi connectivity index (χ4v) is 2.17. The number of hydrogen-bond donors (Lipinski definition) is 1. The minimum absolute atomic E-state index is 0.428. The van der Waals surface area contributed by atoms with Gasteiger partial charge >= 0.3 is 0 Å². The highest BCUT2D eigenvalue weighted by atomic mass is 16.3. The van der Waals surface area contributed by atoms with Crippen molar-refractivity contribution in [2.24, 2.45) is 13.0 Å². The van der Waals surface area contributed by atoms with E-state index in [0.29, 0.717) is 5.92 Å². The number of aromatic nitrogens is 2. The summed E-state index contributed by atoms with van der Waals surface area (Å²) in [6.45, 7) is 4.10. The molecule has 1 aromatic heterocycles. The molecule has 2 atom stereocenters. The van der Waals surface area contributed by atoms with E-state index < -0.39 is 5.60 Å². The van der Waals surface area contributed by atoms with Crippen LogP contribution in [0.1, 0.15) is 31.2 Å². The third-order valence-corrected chi connectivity index (χ3v) is 3.51. The van der Waals surface area contributed by atoms with E-state index in [2.05, 4.69) is 18.1 Å². The van der Waals surface area contributed by atoms with Gasteiger partial charge < -0.3 is 5.11 Å². The largest absolute Gasteiger partial charge is 0.389 e. The van der Waals surface area contributed by atoms with Crippen molar-refractivity contribution in [2.45, 2.75) is 38.7 Å². The fraction of sp³-hybridized carbons (Fsp3) is 0.727. The van der Waals surface area contributed by atoms with Crippen LogP contribution in [0.3, 0.4) is 0 Å². The number of hydrogen-bond acceptors (Lipinski definition) is 2. The van der Waals surface area contributed by atoms with Crippen molar-refractivity contribution in [3.63, 3.8) is 0 Å². The highest BCUT2D eigenvalue weighted by Crippen LogP contribution is 2.40. The van der Waals surface area contributed by atoms with Gasteiger partial charge in [0.25, 0.3) is 0 Å². The van der Waals surface area contributed by atoms with Crippen LogP contribution in [-0.2, 0) is 13.5 Å². The molecule has 1 aliphatic rings. The highest BCUT2D eigenvalue weighted by Gasteiger charge is 2.42. The maximum absolute atomic E-state index is 10.2. The van der Waals surface area contributed by atoms with E-state index in [9.17, 15) is 5.11 Å². The lowest BCUT2D eigenvalue weighted by molar-refractivity contribution is -0.0862. The van der Waals surface area contributed by atoms with Gasteiger partial charge in [-0.25, -0.2) is 0 Å². The molecular formula is C11H18N2O. The number of rotatable bonds is 2. The van der Waals surface area contributed by atoms with Crippen LogP contribution in [0.2, 0.25) is 0 Å². The first-order valence-corrected chi connectivity index (χ1v) is 5.23. The van der Waals surface area contributed by atoms with E-state index in [1.54, 1.807) is 0 Å². The quantitative estimate of drug-likeness (QED) is 0.773. The van der Waals surface area contributed by atoms with Gasteiger partial charge in [-0.15, -0.1) is 0 Å². The Morgan fingerprint density at radius 1 is 1.71 bits per heavy atom. The van der Waals surface area contributed by atoms with Gasteiger partial charge in [0.1, 0.15) is 0 Å². The second-order valence-electron chi connectivity index (χ2n) is 4.62. The summed E-state index contributed by atoms with van der Waals surface area (Å²) < 4.78 is 1.87. The van der Waals surface area contributed by atoms with E-state index >= 15 is 0 Å². The van der Waals surface area contributed by atoms with Crippen molar-refractivity contribution in [1.82, 2.24) is 9.78 Å². The molecule has 78 valence electrons. The SMILES string of the molecule is Cc1cc(CC2(O)CCC2C)n(C)n1. The summed E-state index contributed by atoms with van der Waals surface area (Å²) in [5.41, 5.74) is 1.69. The maximum atomic E-state index is 10.2. The summed E-state index contributed by atoms with van der Waals surface area (Å²) in [6.07, 6.45) is 2.82. The van der Waals surface area contributed by atoms with Crippen molar-refractivity contribution in [1.29, 1.82) is 0 Å². The van der Waals surface area contributed by atoms with Gasteiger partial charge in [0.2, 0.25) is 0 Å². The second-order valence-corrected chi connectivity index (χ2v) is 4.62. The van der Waals surface area contributed by atoms with Crippen LogP contribution in [0.4, 0.5) is 0 Å². The van der Waals surface area contributed by atoms with Gasteiger partial charge in [0.15, 0.2) is 0 Å². The standard InChI is InChI=1S/C11H18N2O/c1-8-4-5-11(8,14)7-10-6-9(2)12-13(10)3/h6,8,14H,4-5,7H2,1-3H3. The summed E-state index contributed by atoms with van der Waals surface area (Å²) in [4.78, 5) is 0. The van der Waals surface area contributed by atoms with E-state index in [-0.39, 0.29) is 0 Å². The van der Waals surface area contributed by atoms with Crippen molar-refractivity contribution >= 4 is 0 Å². The minimum Gasteiger partial charge on any atom is -0.389 e. The molecule has 3 nitrogen and oxygen atoms in total. The zero-order valence-corrected chi connectivity index (χ0v) is 9.12. The smallest absolute Gasteiger partial charge is 0.0728 e. The molecular weight excluding hydrogens is 176 g/mol. The molecule has 2 rings (SSSR count). The molecule has 0 saturated heterocycles. The third kappa shape index (κ3) is 1.46. The van der Waals surface area contributed by atoms with Crippen LogP contribution in [0.15, 0.2) is 6.07 Å². The van der Waals surface area contributed by atoms with Gasteiger partial charge in [-0.05, 0) is 31.7 Å². The molecule has 0 aromatic carbocycles. The number of nitrogens with zero attached hydrogens (tertiary/aromatic N) is 2. The Kier molecular flexibility index (Phi) is 2.14. The molecule has 1 heterocycles. The Labute approximate surface area is 84.7 Å². The lowest BCUT2D eigenvalue weighted by atomic mass is 9.68. The van der Waals surface area contributed by atoms with Crippen LogP contribution in [-0.4, -0.2) is 20.5 Å². The zero-order chi connectivity index (χ0) is 10.3. The Bertz CT molecular complexity index is 345. The Morgan fingerprint density at radius 2 is 2.43 bits per heavy atom. The van der Waals surface area contributed by atoms with Crippen LogP contribution < -0.4 is 0 Å². The van der Waals surface area contributed by atoms with Crippen LogP contribution in [0.25, 0.3) is 0 Å². The van der Waals surface area contributed by atoms with E-state index in [1.807, 2.05) is 18.7 Å². The predicted octanol–water partition coefficient (Wildman–Crippen LogP) is 1.43. The molecule has 1 aromatic rings. The number of aryl methyl sites for hydroxylation is 2.